The number of benzene rings is 1. The number of carbonyl (C=O) groups is 2. The van der Waals surface area contributed by atoms with Gasteiger partial charge in [0.05, 0.1) is 0 Å². The van der Waals surface area contributed by atoms with Gasteiger partial charge in [-0.1, -0.05) is 18.2 Å². The molecule has 0 spiro atoms. The van der Waals surface area contributed by atoms with Crippen LogP contribution >= 0.6 is 0 Å². The number of amides is 2. The van der Waals surface area contributed by atoms with E-state index < -0.39 is 5.41 Å². The molecule has 4 heteroatoms. The van der Waals surface area contributed by atoms with Crippen LogP contribution in [-0.2, 0) is 16.0 Å². The number of para-hydroxylation sites is 1. The lowest BCUT2D eigenvalue weighted by molar-refractivity contribution is -0.142. The van der Waals surface area contributed by atoms with E-state index in [0.29, 0.717) is 25.9 Å². The van der Waals surface area contributed by atoms with E-state index in [1.165, 1.54) is 5.56 Å². The van der Waals surface area contributed by atoms with Gasteiger partial charge in [0.25, 0.3) is 0 Å². The summed E-state index contributed by atoms with van der Waals surface area (Å²) in [4.78, 5) is 29.5. The van der Waals surface area contributed by atoms with Crippen molar-refractivity contribution in [1.29, 1.82) is 0 Å². The van der Waals surface area contributed by atoms with Gasteiger partial charge in [-0.05, 0) is 51.2 Å². The van der Waals surface area contributed by atoms with Crippen LogP contribution in [0.5, 0.6) is 0 Å². The van der Waals surface area contributed by atoms with Gasteiger partial charge in [0, 0.05) is 25.3 Å². The van der Waals surface area contributed by atoms with Gasteiger partial charge in [-0.3, -0.25) is 9.59 Å². The molecule has 1 aliphatic heterocycles. The number of aryl methyl sites for hydroxylation is 1. The van der Waals surface area contributed by atoms with Crippen LogP contribution in [0.15, 0.2) is 24.3 Å². The highest BCUT2D eigenvalue weighted by Gasteiger charge is 2.59. The molecule has 2 aliphatic rings. The van der Waals surface area contributed by atoms with Crippen LogP contribution in [-0.4, -0.2) is 36.3 Å². The van der Waals surface area contributed by atoms with Gasteiger partial charge in [-0.2, -0.15) is 0 Å². The van der Waals surface area contributed by atoms with Crippen molar-refractivity contribution in [2.45, 2.75) is 39.5 Å². The van der Waals surface area contributed by atoms with Crippen LogP contribution in [0, 0.1) is 5.41 Å². The zero-order valence-electron chi connectivity index (χ0n) is 13.5. The molecule has 4 nitrogen and oxygen atoms in total. The summed E-state index contributed by atoms with van der Waals surface area (Å²) >= 11 is 0. The first kappa shape index (κ1) is 15.1. The Balaban J connectivity index is 1.87. The first-order chi connectivity index (χ1) is 10.6. The van der Waals surface area contributed by atoms with E-state index in [4.69, 9.17) is 0 Å². The summed E-state index contributed by atoms with van der Waals surface area (Å²) in [5.74, 6) is 0.0297. The molecule has 1 fully saturated rings. The Kier molecular flexibility index (Phi) is 3.94. The molecule has 1 aromatic rings. The third kappa shape index (κ3) is 2.31. The molecular weight excluding hydrogens is 276 g/mol. The average Bonchev–Trinajstić information content (AvgIpc) is 3.36. The van der Waals surface area contributed by atoms with Crippen molar-refractivity contribution in [2.75, 3.05) is 24.5 Å². The minimum Gasteiger partial charge on any atom is -0.342 e. The Morgan fingerprint density at radius 3 is 2.50 bits per heavy atom. The standard InChI is InChI=1S/C18H24N2O2/c1-3-19(4-2)16(21)18(11-12-18)17(22)20-13-7-9-14-8-5-6-10-15(14)20/h5-6,8,10H,3-4,7,9,11-13H2,1-2H3. The molecule has 0 saturated heterocycles. The van der Waals surface area contributed by atoms with E-state index in [0.717, 1.165) is 25.1 Å². The predicted octanol–water partition coefficient (Wildman–Crippen LogP) is 2.61. The number of rotatable bonds is 4. The van der Waals surface area contributed by atoms with Crippen molar-refractivity contribution in [3.63, 3.8) is 0 Å². The Morgan fingerprint density at radius 1 is 1.18 bits per heavy atom. The Morgan fingerprint density at radius 2 is 1.86 bits per heavy atom. The second-order valence-corrected chi connectivity index (χ2v) is 6.25. The molecular formula is C18H24N2O2. The quantitative estimate of drug-likeness (QED) is 0.802. The van der Waals surface area contributed by atoms with Crippen LogP contribution in [0.1, 0.15) is 38.7 Å². The smallest absolute Gasteiger partial charge is 0.242 e. The van der Waals surface area contributed by atoms with Gasteiger partial charge in [-0.25, -0.2) is 0 Å². The second-order valence-electron chi connectivity index (χ2n) is 6.25. The maximum absolute atomic E-state index is 13.1. The van der Waals surface area contributed by atoms with Gasteiger partial charge in [-0.15, -0.1) is 0 Å². The lowest BCUT2D eigenvalue weighted by atomic mass is 9.97. The Hall–Kier alpha value is -1.84. The van der Waals surface area contributed by atoms with Gasteiger partial charge in [0.1, 0.15) is 5.41 Å². The molecule has 118 valence electrons. The van der Waals surface area contributed by atoms with Crippen molar-refractivity contribution in [3.05, 3.63) is 29.8 Å². The molecule has 0 N–H and O–H groups in total. The second kappa shape index (κ2) is 5.75. The molecule has 0 bridgehead atoms. The summed E-state index contributed by atoms with van der Waals surface area (Å²) in [5, 5.41) is 0. The minimum atomic E-state index is -0.781. The fourth-order valence-electron chi connectivity index (χ4n) is 3.46. The predicted molar refractivity (Wildman–Crippen MR) is 86.7 cm³/mol. The highest BCUT2D eigenvalue weighted by atomic mass is 16.2. The van der Waals surface area contributed by atoms with Crippen molar-refractivity contribution in [3.8, 4) is 0 Å². The molecule has 0 unspecified atom stereocenters. The molecule has 1 aromatic carbocycles. The number of carbonyl (C=O) groups excluding carboxylic acids is 2. The summed E-state index contributed by atoms with van der Waals surface area (Å²) in [6.45, 7) is 6.00. The SMILES string of the molecule is CCN(CC)C(=O)C1(C(=O)N2CCCc3ccccc32)CC1. The topological polar surface area (TPSA) is 40.6 Å². The zero-order valence-corrected chi connectivity index (χ0v) is 13.5. The fourth-order valence-corrected chi connectivity index (χ4v) is 3.46. The monoisotopic (exact) mass is 300 g/mol. The number of hydrogen-bond acceptors (Lipinski definition) is 2. The van der Waals surface area contributed by atoms with E-state index in [1.54, 1.807) is 4.90 Å². The number of hydrogen-bond donors (Lipinski definition) is 0. The molecule has 0 aromatic heterocycles. The van der Waals surface area contributed by atoms with Crippen molar-refractivity contribution in [2.24, 2.45) is 5.41 Å². The lowest BCUT2D eigenvalue weighted by Crippen LogP contribution is -2.48. The zero-order chi connectivity index (χ0) is 15.7. The highest BCUT2D eigenvalue weighted by Crippen LogP contribution is 2.50. The molecule has 1 saturated carbocycles. The van der Waals surface area contributed by atoms with Crippen LogP contribution in [0.2, 0.25) is 0 Å². The summed E-state index contributed by atoms with van der Waals surface area (Å²) in [7, 11) is 0. The van der Waals surface area contributed by atoms with E-state index in [9.17, 15) is 9.59 Å². The molecule has 1 heterocycles. The van der Waals surface area contributed by atoms with Crippen molar-refractivity contribution in [1.82, 2.24) is 4.90 Å². The first-order valence-corrected chi connectivity index (χ1v) is 8.33. The van der Waals surface area contributed by atoms with Crippen LogP contribution < -0.4 is 4.90 Å². The Bertz CT molecular complexity index is 589. The normalized spacial score (nSPS) is 18.5. The molecule has 2 amide bonds. The van der Waals surface area contributed by atoms with Crippen molar-refractivity contribution < 1.29 is 9.59 Å². The average molecular weight is 300 g/mol. The number of anilines is 1. The molecule has 0 atom stereocenters. The lowest BCUT2D eigenvalue weighted by Gasteiger charge is -2.33. The third-order valence-corrected chi connectivity index (χ3v) is 4.97. The summed E-state index contributed by atoms with van der Waals surface area (Å²) < 4.78 is 0. The van der Waals surface area contributed by atoms with Gasteiger partial charge < -0.3 is 9.80 Å². The van der Waals surface area contributed by atoms with Crippen molar-refractivity contribution >= 4 is 17.5 Å². The minimum absolute atomic E-state index is 0.0107. The molecule has 1 aliphatic carbocycles. The van der Waals surface area contributed by atoms with Crippen LogP contribution in [0.25, 0.3) is 0 Å². The van der Waals surface area contributed by atoms with Crippen LogP contribution in [0.3, 0.4) is 0 Å². The Labute approximate surface area is 132 Å². The summed E-state index contributed by atoms with van der Waals surface area (Å²) in [6.07, 6.45) is 3.37. The van der Waals surface area contributed by atoms with Gasteiger partial charge in [0.2, 0.25) is 11.8 Å². The maximum Gasteiger partial charge on any atom is 0.242 e. The fraction of sp³-hybridized carbons (Fsp3) is 0.556. The largest absolute Gasteiger partial charge is 0.342 e. The highest BCUT2D eigenvalue weighted by molar-refractivity contribution is 6.14. The third-order valence-electron chi connectivity index (χ3n) is 4.97. The van der Waals surface area contributed by atoms with Gasteiger partial charge >= 0.3 is 0 Å². The maximum atomic E-state index is 13.1. The van der Waals surface area contributed by atoms with Gasteiger partial charge in [0.15, 0.2) is 0 Å². The van der Waals surface area contributed by atoms with E-state index in [2.05, 4.69) is 6.07 Å². The van der Waals surface area contributed by atoms with E-state index >= 15 is 0 Å². The first-order valence-electron chi connectivity index (χ1n) is 8.33. The van der Waals surface area contributed by atoms with E-state index in [-0.39, 0.29) is 11.8 Å². The van der Waals surface area contributed by atoms with Crippen LogP contribution in [0.4, 0.5) is 5.69 Å². The summed E-state index contributed by atoms with van der Waals surface area (Å²) in [6, 6.07) is 8.07. The molecule has 22 heavy (non-hydrogen) atoms. The number of nitrogens with zero attached hydrogens (tertiary/aromatic N) is 2. The number of fused-ring (bicyclic) bond motifs is 1. The van der Waals surface area contributed by atoms with E-state index in [1.807, 2.05) is 36.9 Å². The molecule has 0 radical (unpaired) electrons. The summed E-state index contributed by atoms with van der Waals surface area (Å²) in [5.41, 5.74) is 1.43. The molecule has 3 rings (SSSR count).